The van der Waals surface area contributed by atoms with Gasteiger partial charge in [-0.1, -0.05) is 66.8 Å². The number of rotatable bonds is 7. The van der Waals surface area contributed by atoms with Gasteiger partial charge < -0.3 is 4.74 Å². The molecule has 0 radical (unpaired) electrons. The van der Waals surface area contributed by atoms with Gasteiger partial charge in [-0.3, -0.25) is 9.79 Å². The highest BCUT2D eigenvalue weighted by Gasteiger charge is 2.45. The molecule has 4 atom stereocenters. The summed E-state index contributed by atoms with van der Waals surface area (Å²) in [5, 5.41) is 4.23. The molecule has 156 valence electrons. The fraction of sp³-hybridized carbons (Fsp3) is 0.308. The number of allylic oxidation sites excluding steroid dienone is 5. The predicted octanol–water partition coefficient (Wildman–Crippen LogP) is 6.21. The zero-order valence-corrected chi connectivity index (χ0v) is 18.6. The Balaban J connectivity index is 2.12. The van der Waals surface area contributed by atoms with Gasteiger partial charge in [-0.15, -0.1) is 0 Å². The van der Waals surface area contributed by atoms with Crippen LogP contribution in [0.25, 0.3) is 0 Å². The van der Waals surface area contributed by atoms with Crippen molar-refractivity contribution in [2.24, 2.45) is 16.8 Å². The normalized spacial score (nSPS) is 24.5. The number of hydrogen-bond donors (Lipinski definition) is 0. The Morgan fingerprint density at radius 2 is 2.03 bits per heavy atom. The molecule has 1 aliphatic rings. The van der Waals surface area contributed by atoms with Gasteiger partial charge in [0.25, 0.3) is 0 Å². The molecule has 1 aromatic heterocycles. The fourth-order valence-corrected chi connectivity index (χ4v) is 5.02. The van der Waals surface area contributed by atoms with Crippen molar-refractivity contribution in [1.82, 2.24) is 0 Å². The van der Waals surface area contributed by atoms with Crippen LogP contribution in [0.5, 0.6) is 0 Å². The molecule has 1 aliphatic heterocycles. The summed E-state index contributed by atoms with van der Waals surface area (Å²) in [6, 6.07) is 12.2. The third-order valence-electron chi connectivity index (χ3n) is 5.82. The molecule has 0 aliphatic carbocycles. The zero-order chi connectivity index (χ0) is 21.5. The second kappa shape index (κ2) is 10.4. The lowest BCUT2D eigenvalue weighted by Gasteiger charge is -2.40. The predicted molar refractivity (Wildman–Crippen MR) is 126 cm³/mol. The van der Waals surface area contributed by atoms with Gasteiger partial charge in [0, 0.05) is 5.92 Å². The van der Waals surface area contributed by atoms with Crippen LogP contribution >= 0.6 is 11.3 Å². The van der Waals surface area contributed by atoms with Gasteiger partial charge in [0.05, 0.1) is 18.9 Å². The molecular formula is C26H29NO2S. The largest absolute Gasteiger partial charge is 0.468 e. The highest BCUT2D eigenvalue weighted by molar-refractivity contribution is 7.08. The number of methoxy groups -OCH3 is 1. The molecule has 2 heterocycles. The maximum absolute atomic E-state index is 13.1. The van der Waals surface area contributed by atoms with Gasteiger partial charge in [-0.2, -0.15) is 11.3 Å². The van der Waals surface area contributed by atoms with E-state index in [0.717, 1.165) is 17.7 Å². The van der Waals surface area contributed by atoms with Crippen LogP contribution in [0.1, 0.15) is 37.3 Å². The monoisotopic (exact) mass is 419 g/mol. The van der Waals surface area contributed by atoms with Crippen molar-refractivity contribution >= 4 is 23.0 Å². The Bertz CT molecular complexity index is 941. The van der Waals surface area contributed by atoms with Crippen LogP contribution in [0.2, 0.25) is 0 Å². The number of hydrogen-bond acceptors (Lipinski definition) is 4. The quantitative estimate of drug-likeness (QED) is 0.395. The molecule has 3 rings (SSSR count). The second-order valence-corrected chi connectivity index (χ2v) is 8.31. The van der Waals surface area contributed by atoms with Crippen LogP contribution in [0.3, 0.4) is 0 Å². The van der Waals surface area contributed by atoms with E-state index in [1.165, 1.54) is 18.2 Å². The van der Waals surface area contributed by atoms with Crippen molar-refractivity contribution in [3.8, 4) is 0 Å². The number of nitrogens with zero attached hydrogens (tertiary/aromatic N) is 1. The molecule has 0 saturated heterocycles. The topological polar surface area (TPSA) is 38.7 Å². The van der Waals surface area contributed by atoms with Gasteiger partial charge in [0.1, 0.15) is 5.92 Å². The van der Waals surface area contributed by atoms with Crippen LogP contribution < -0.4 is 0 Å². The minimum atomic E-state index is -0.435. The first-order chi connectivity index (χ1) is 14.6. The lowest BCUT2D eigenvalue weighted by atomic mass is 9.67. The summed E-state index contributed by atoms with van der Waals surface area (Å²) < 4.78 is 5.29. The second-order valence-electron chi connectivity index (χ2n) is 7.53. The number of benzene rings is 1. The Hall–Kier alpha value is -2.72. The average Bonchev–Trinajstić information content (AvgIpc) is 3.31. The molecule has 0 spiro atoms. The number of esters is 1. The Labute approximate surface area is 183 Å². The molecule has 0 fully saturated rings. The van der Waals surface area contributed by atoms with Gasteiger partial charge in [0.15, 0.2) is 0 Å². The van der Waals surface area contributed by atoms with Gasteiger partial charge in [-0.05, 0) is 54.1 Å². The summed E-state index contributed by atoms with van der Waals surface area (Å²) >= 11 is 1.66. The molecule has 4 unspecified atom stereocenters. The maximum Gasteiger partial charge on any atom is 0.315 e. The Kier molecular flexibility index (Phi) is 7.58. The van der Waals surface area contributed by atoms with Crippen LogP contribution in [0.4, 0.5) is 0 Å². The number of carbonyl (C=O) groups is 1. The number of thiophene rings is 1. The third-order valence-corrected chi connectivity index (χ3v) is 6.52. The lowest BCUT2D eigenvalue weighted by molar-refractivity contribution is -0.144. The first kappa shape index (κ1) is 22.0. The van der Waals surface area contributed by atoms with E-state index in [9.17, 15) is 4.79 Å². The lowest BCUT2D eigenvalue weighted by Crippen LogP contribution is -2.43. The molecule has 0 saturated carbocycles. The molecule has 0 N–H and O–H groups in total. The third kappa shape index (κ3) is 4.71. The summed E-state index contributed by atoms with van der Waals surface area (Å²) in [4.78, 5) is 18.2. The first-order valence-electron chi connectivity index (χ1n) is 10.3. The average molecular weight is 420 g/mol. The van der Waals surface area contributed by atoms with Crippen LogP contribution in [-0.2, 0) is 9.53 Å². The number of carbonyl (C=O) groups excluding carboxylic acids is 1. The summed E-state index contributed by atoms with van der Waals surface area (Å²) in [5.74, 6) is -0.487. The van der Waals surface area contributed by atoms with Crippen molar-refractivity contribution in [2.45, 2.75) is 32.2 Å². The summed E-state index contributed by atoms with van der Waals surface area (Å²) in [6.07, 6.45) is 8.79. The standard InChI is InChI=1S/C26H29NO2S/c1-5-7-11-19(6-2)16-22-18(3)27-25(20-12-9-8-10-13-20)24(26(28)29-4)23(22)21-14-15-30-17-21/h5-15,17-18,22-24H,1,16H2,2-4H3. The Morgan fingerprint density at radius 3 is 2.63 bits per heavy atom. The highest BCUT2D eigenvalue weighted by atomic mass is 32.1. The molecule has 1 aromatic carbocycles. The maximum atomic E-state index is 13.1. The SMILES string of the molecule is C=CC=CC(=CC)CC1C(C)N=C(c2ccccc2)C(C(=O)OC)C1c1ccsc1. The minimum absolute atomic E-state index is 0.00140. The van der Waals surface area contributed by atoms with Crippen molar-refractivity contribution in [3.05, 3.63) is 94.7 Å². The van der Waals surface area contributed by atoms with Crippen molar-refractivity contribution in [3.63, 3.8) is 0 Å². The number of aliphatic imine (C=N–C) groups is 1. The van der Waals surface area contributed by atoms with Gasteiger partial charge >= 0.3 is 5.97 Å². The van der Waals surface area contributed by atoms with Crippen molar-refractivity contribution in [1.29, 1.82) is 0 Å². The molecule has 3 nitrogen and oxygen atoms in total. The van der Waals surface area contributed by atoms with Crippen LogP contribution in [0.15, 0.2) is 88.6 Å². The van der Waals surface area contributed by atoms with Gasteiger partial charge in [-0.25, -0.2) is 0 Å². The molecule has 30 heavy (non-hydrogen) atoms. The van der Waals surface area contributed by atoms with E-state index in [2.05, 4.69) is 42.5 Å². The van der Waals surface area contributed by atoms with E-state index in [-0.39, 0.29) is 23.8 Å². The smallest absolute Gasteiger partial charge is 0.315 e. The summed E-state index contributed by atoms with van der Waals surface area (Å²) in [6.45, 7) is 7.98. The summed E-state index contributed by atoms with van der Waals surface area (Å²) in [5.41, 5.74) is 4.20. The number of ether oxygens (including phenoxy) is 1. The molecule has 4 heteroatoms. The van der Waals surface area contributed by atoms with Crippen molar-refractivity contribution in [2.75, 3.05) is 7.11 Å². The van der Waals surface area contributed by atoms with Crippen molar-refractivity contribution < 1.29 is 9.53 Å². The van der Waals surface area contributed by atoms with E-state index in [4.69, 9.17) is 9.73 Å². The fourth-order valence-electron chi connectivity index (χ4n) is 4.31. The van der Waals surface area contributed by atoms with E-state index in [1.54, 1.807) is 17.4 Å². The minimum Gasteiger partial charge on any atom is -0.468 e. The highest BCUT2D eigenvalue weighted by Crippen LogP contribution is 2.45. The Morgan fingerprint density at radius 1 is 1.27 bits per heavy atom. The van der Waals surface area contributed by atoms with Crippen LogP contribution in [-0.4, -0.2) is 24.8 Å². The van der Waals surface area contributed by atoms with Gasteiger partial charge in [0.2, 0.25) is 0 Å². The molecule has 2 aromatic rings. The van der Waals surface area contributed by atoms with E-state index < -0.39 is 5.92 Å². The van der Waals surface area contributed by atoms with E-state index in [0.29, 0.717) is 0 Å². The molecule has 0 bridgehead atoms. The van der Waals surface area contributed by atoms with Crippen LogP contribution in [0, 0.1) is 11.8 Å². The first-order valence-corrected chi connectivity index (χ1v) is 11.2. The molecule has 0 amide bonds. The summed E-state index contributed by atoms with van der Waals surface area (Å²) in [7, 11) is 1.47. The molecular weight excluding hydrogens is 390 g/mol. The van der Waals surface area contributed by atoms with E-state index in [1.807, 2.05) is 43.3 Å². The van der Waals surface area contributed by atoms with E-state index >= 15 is 0 Å². The zero-order valence-electron chi connectivity index (χ0n) is 17.8.